The Balaban J connectivity index is 2.15. The van der Waals surface area contributed by atoms with Crippen molar-refractivity contribution in [3.8, 4) is 0 Å². The number of hydrogen-bond donors (Lipinski definition) is 1. The van der Waals surface area contributed by atoms with Gasteiger partial charge in [0.15, 0.2) is 0 Å². The second-order valence-corrected chi connectivity index (χ2v) is 5.39. The predicted octanol–water partition coefficient (Wildman–Crippen LogP) is 3.35. The molecule has 0 amide bonds. The van der Waals surface area contributed by atoms with Gasteiger partial charge in [-0.05, 0) is 54.2 Å². The Morgan fingerprint density at radius 2 is 2.05 bits per heavy atom. The Morgan fingerprint density at radius 3 is 2.89 bits per heavy atom. The van der Waals surface area contributed by atoms with Gasteiger partial charge in [0.2, 0.25) is 0 Å². The second-order valence-electron chi connectivity index (χ2n) is 4.96. The minimum Gasteiger partial charge on any atom is -0.396 e. The third kappa shape index (κ3) is 2.38. The van der Waals surface area contributed by atoms with Gasteiger partial charge in [-0.1, -0.05) is 23.7 Å². The van der Waals surface area contributed by atoms with E-state index in [1.807, 2.05) is 24.4 Å². The average Bonchev–Trinajstić information content (AvgIpc) is 2.57. The van der Waals surface area contributed by atoms with Gasteiger partial charge in [0, 0.05) is 23.7 Å². The van der Waals surface area contributed by atoms with Gasteiger partial charge < -0.3 is 5.11 Å². The summed E-state index contributed by atoms with van der Waals surface area (Å²) in [6.07, 6.45) is 4.51. The summed E-state index contributed by atoms with van der Waals surface area (Å²) in [5, 5.41) is 10.1. The molecule has 3 heteroatoms. The van der Waals surface area contributed by atoms with Crippen molar-refractivity contribution in [2.24, 2.45) is 0 Å². The highest BCUT2D eigenvalue weighted by Crippen LogP contribution is 2.36. The van der Waals surface area contributed by atoms with Crippen LogP contribution in [0.2, 0.25) is 5.02 Å². The molecule has 98 valence electrons. The van der Waals surface area contributed by atoms with Crippen LogP contribution in [0.15, 0.2) is 36.5 Å². The quantitative estimate of drug-likeness (QED) is 0.910. The lowest BCUT2D eigenvalue weighted by Gasteiger charge is -2.18. The van der Waals surface area contributed by atoms with Crippen LogP contribution in [0.3, 0.4) is 0 Å². The molecule has 0 spiro atoms. The summed E-state index contributed by atoms with van der Waals surface area (Å²) >= 11 is 6.10. The fraction of sp³-hybridized carbons (Fsp3) is 0.312. The van der Waals surface area contributed by atoms with Gasteiger partial charge in [0.1, 0.15) is 0 Å². The lowest BCUT2D eigenvalue weighted by atomic mass is 9.89. The van der Waals surface area contributed by atoms with Crippen molar-refractivity contribution in [2.75, 3.05) is 6.61 Å². The van der Waals surface area contributed by atoms with Crippen LogP contribution < -0.4 is 0 Å². The van der Waals surface area contributed by atoms with E-state index < -0.39 is 0 Å². The van der Waals surface area contributed by atoms with E-state index >= 15 is 0 Å². The molecule has 0 radical (unpaired) electrons. The van der Waals surface area contributed by atoms with Gasteiger partial charge in [0.05, 0.1) is 5.69 Å². The first-order valence-corrected chi connectivity index (χ1v) is 7.00. The topological polar surface area (TPSA) is 33.1 Å². The third-order valence-electron chi connectivity index (χ3n) is 3.82. The molecule has 3 rings (SSSR count). The number of aliphatic hydroxyl groups excluding tert-OH is 1. The summed E-state index contributed by atoms with van der Waals surface area (Å²) in [7, 11) is 0. The number of nitrogens with zero attached hydrogens (tertiary/aromatic N) is 1. The number of hydrogen-bond acceptors (Lipinski definition) is 2. The van der Waals surface area contributed by atoms with Crippen LogP contribution in [-0.2, 0) is 12.8 Å². The van der Waals surface area contributed by atoms with E-state index in [1.165, 1.54) is 16.7 Å². The number of aromatic nitrogens is 1. The van der Waals surface area contributed by atoms with Crippen LogP contribution >= 0.6 is 11.6 Å². The van der Waals surface area contributed by atoms with E-state index in [2.05, 4.69) is 17.1 Å². The van der Waals surface area contributed by atoms with Gasteiger partial charge in [0.25, 0.3) is 0 Å². The molecular weight excluding hydrogens is 258 g/mol. The van der Waals surface area contributed by atoms with Gasteiger partial charge in [-0.15, -0.1) is 0 Å². The molecule has 1 aliphatic carbocycles. The molecular formula is C16H16ClNO. The van der Waals surface area contributed by atoms with Crippen molar-refractivity contribution in [3.05, 3.63) is 63.9 Å². The first-order valence-electron chi connectivity index (χ1n) is 6.62. The van der Waals surface area contributed by atoms with Crippen molar-refractivity contribution < 1.29 is 5.11 Å². The standard InChI is InChI=1S/C16H16ClNO/c17-13-5-6-14-12(10-13)4-3-11-2-1-8-18-16(11)15(14)7-9-19/h1-2,5-6,8,10,15,19H,3-4,7,9H2. The molecule has 1 unspecified atom stereocenters. The lowest BCUT2D eigenvalue weighted by molar-refractivity contribution is 0.281. The Morgan fingerprint density at radius 1 is 1.21 bits per heavy atom. The minimum atomic E-state index is 0.169. The van der Waals surface area contributed by atoms with E-state index in [-0.39, 0.29) is 12.5 Å². The SMILES string of the molecule is OCCC1c2ccc(Cl)cc2CCc2cccnc21. The molecule has 0 saturated carbocycles. The van der Waals surface area contributed by atoms with Crippen LogP contribution in [0.5, 0.6) is 0 Å². The molecule has 2 aromatic rings. The highest BCUT2D eigenvalue weighted by molar-refractivity contribution is 6.30. The lowest BCUT2D eigenvalue weighted by Crippen LogP contribution is -2.08. The molecule has 0 aliphatic heterocycles. The molecule has 1 heterocycles. The first kappa shape index (κ1) is 12.6. The summed E-state index contributed by atoms with van der Waals surface area (Å²) in [4.78, 5) is 4.56. The van der Waals surface area contributed by atoms with Gasteiger partial charge >= 0.3 is 0 Å². The maximum Gasteiger partial charge on any atom is 0.0511 e. The number of fused-ring (bicyclic) bond motifs is 2. The maximum absolute atomic E-state index is 9.36. The van der Waals surface area contributed by atoms with Crippen molar-refractivity contribution in [1.82, 2.24) is 4.98 Å². The normalized spacial score (nSPS) is 17.5. The summed E-state index contributed by atoms with van der Waals surface area (Å²) < 4.78 is 0. The number of halogens is 1. The van der Waals surface area contributed by atoms with Crippen molar-refractivity contribution in [1.29, 1.82) is 0 Å². The molecule has 19 heavy (non-hydrogen) atoms. The average molecular weight is 274 g/mol. The highest BCUT2D eigenvalue weighted by Gasteiger charge is 2.24. The van der Waals surface area contributed by atoms with Gasteiger partial charge in [-0.2, -0.15) is 0 Å². The van der Waals surface area contributed by atoms with E-state index in [1.54, 1.807) is 0 Å². The second kappa shape index (κ2) is 5.32. The molecule has 1 N–H and O–H groups in total. The molecule has 0 fully saturated rings. The fourth-order valence-corrected chi connectivity index (χ4v) is 3.14. The number of rotatable bonds is 2. The summed E-state index contributed by atoms with van der Waals surface area (Å²) in [6.45, 7) is 0.169. The molecule has 0 saturated heterocycles. The van der Waals surface area contributed by atoms with E-state index in [9.17, 15) is 5.11 Å². The zero-order valence-corrected chi connectivity index (χ0v) is 11.4. The Kier molecular flexibility index (Phi) is 3.54. The number of aliphatic hydroxyl groups is 1. The maximum atomic E-state index is 9.36. The highest BCUT2D eigenvalue weighted by atomic mass is 35.5. The van der Waals surface area contributed by atoms with Crippen LogP contribution in [0.4, 0.5) is 0 Å². The van der Waals surface area contributed by atoms with Gasteiger partial charge in [-0.3, -0.25) is 4.98 Å². The zero-order chi connectivity index (χ0) is 13.2. The van der Waals surface area contributed by atoms with E-state index in [0.29, 0.717) is 6.42 Å². The molecule has 1 aromatic heterocycles. The molecule has 2 nitrogen and oxygen atoms in total. The molecule has 0 bridgehead atoms. The molecule has 1 aromatic carbocycles. The minimum absolute atomic E-state index is 0.169. The molecule has 1 aliphatic rings. The Labute approximate surface area is 118 Å². The van der Waals surface area contributed by atoms with E-state index in [0.717, 1.165) is 23.6 Å². The summed E-state index contributed by atoms with van der Waals surface area (Å²) in [5.41, 5.74) is 4.94. The first-order chi connectivity index (χ1) is 9.29. The summed E-state index contributed by atoms with van der Waals surface area (Å²) in [5.74, 6) is 0.177. The van der Waals surface area contributed by atoms with Gasteiger partial charge in [-0.25, -0.2) is 0 Å². The van der Waals surface area contributed by atoms with Crippen molar-refractivity contribution >= 4 is 11.6 Å². The Bertz CT molecular complexity index is 597. The van der Waals surface area contributed by atoms with Crippen molar-refractivity contribution in [2.45, 2.75) is 25.2 Å². The van der Waals surface area contributed by atoms with Crippen LogP contribution in [-0.4, -0.2) is 16.7 Å². The Hall–Kier alpha value is -1.38. The van der Waals surface area contributed by atoms with Crippen molar-refractivity contribution in [3.63, 3.8) is 0 Å². The smallest absolute Gasteiger partial charge is 0.0511 e. The number of pyridine rings is 1. The number of aryl methyl sites for hydroxylation is 2. The van der Waals surface area contributed by atoms with Crippen LogP contribution in [0.25, 0.3) is 0 Å². The number of benzene rings is 1. The third-order valence-corrected chi connectivity index (χ3v) is 4.05. The fourth-order valence-electron chi connectivity index (χ4n) is 2.94. The monoisotopic (exact) mass is 273 g/mol. The zero-order valence-electron chi connectivity index (χ0n) is 10.6. The predicted molar refractivity (Wildman–Crippen MR) is 76.6 cm³/mol. The summed E-state index contributed by atoms with van der Waals surface area (Å²) in [6, 6.07) is 10.2. The van der Waals surface area contributed by atoms with E-state index in [4.69, 9.17) is 11.6 Å². The molecule has 1 atom stereocenters. The van der Waals surface area contributed by atoms with Crippen LogP contribution in [0, 0.1) is 0 Å². The van der Waals surface area contributed by atoms with Crippen LogP contribution in [0.1, 0.15) is 34.7 Å². The largest absolute Gasteiger partial charge is 0.396 e.